The van der Waals surface area contributed by atoms with Crippen molar-refractivity contribution in [1.29, 1.82) is 0 Å². The highest BCUT2D eigenvalue weighted by Crippen LogP contribution is 2.47. The van der Waals surface area contributed by atoms with Crippen molar-refractivity contribution in [1.82, 2.24) is 10.2 Å². The Kier molecular flexibility index (Phi) is 12.8. The van der Waals surface area contributed by atoms with Gasteiger partial charge in [0.1, 0.15) is 18.0 Å². The van der Waals surface area contributed by atoms with E-state index in [2.05, 4.69) is 12.2 Å². The van der Waals surface area contributed by atoms with Gasteiger partial charge in [-0.25, -0.2) is 0 Å². The first-order valence-electron chi connectivity index (χ1n) is 15.6. The van der Waals surface area contributed by atoms with E-state index in [9.17, 15) is 19.8 Å². The van der Waals surface area contributed by atoms with Gasteiger partial charge in [0.25, 0.3) is 0 Å². The van der Waals surface area contributed by atoms with E-state index in [1.54, 1.807) is 29.2 Å². The Bertz CT molecular complexity index is 1270. The lowest BCUT2D eigenvalue weighted by Crippen LogP contribution is -2.55. The Morgan fingerprint density at radius 1 is 0.977 bits per heavy atom. The number of benzene rings is 2. The van der Waals surface area contributed by atoms with E-state index in [-0.39, 0.29) is 31.5 Å². The zero-order valence-corrected chi connectivity index (χ0v) is 26.5. The molecule has 234 valence electrons. The maximum atomic E-state index is 13.9. The first-order valence-corrected chi connectivity index (χ1v) is 16.4. The number of fused-ring (bicyclic) bond motifs is 3. The molecule has 2 aromatic rings. The zero-order chi connectivity index (χ0) is 30.8. The number of unbranched alkanes of at least 4 members (excludes halogenated alkanes) is 8. The van der Waals surface area contributed by atoms with Gasteiger partial charge in [-0.2, -0.15) is 0 Å². The number of halogens is 2. The SMILES string of the molecule is CCCCCCCCCCCC(=O)N(Cc1ccc(Cl)cc1Cl)C1C=C(C(=O)NCCO)C2c3ccccc3OC2C1O. The summed E-state index contributed by atoms with van der Waals surface area (Å²) in [6.45, 7) is 2.24. The van der Waals surface area contributed by atoms with Gasteiger partial charge in [-0.15, -0.1) is 0 Å². The lowest BCUT2D eigenvalue weighted by Gasteiger charge is -2.41. The number of rotatable bonds is 16. The largest absolute Gasteiger partial charge is 0.486 e. The predicted octanol–water partition coefficient (Wildman–Crippen LogP) is 6.57. The first kappa shape index (κ1) is 33.3. The van der Waals surface area contributed by atoms with Gasteiger partial charge >= 0.3 is 0 Å². The molecular formula is C34H44Cl2N2O5. The molecule has 2 aliphatic rings. The summed E-state index contributed by atoms with van der Waals surface area (Å²) in [7, 11) is 0. The van der Waals surface area contributed by atoms with Crippen molar-refractivity contribution < 1.29 is 24.5 Å². The molecule has 0 spiro atoms. The minimum atomic E-state index is -1.09. The van der Waals surface area contributed by atoms with Crippen molar-refractivity contribution in [2.24, 2.45) is 0 Å². The van der Waals surface area contributed by atoms with Crippen LogP contribution in [0.3, 0.4) is 0 Å². The summed E-state index contributed by atoms with van der Waals surface area (Å²) in [6.07, 6.45) is 10.4. The second-order valence-electron chi connectivity index (χ2n) is 11.5. The number of carbonyl (C=O) groups is 2. The van der Waals surface area contributed by atoms with Gasteiger partial charge in [0.2, 0.25) is 11.8 Å². The maximum absolute atomic E-state index is 13.9. The molecule has 0 saturated heterocycles. The summed E-state index contributed by atoms with van der Waals surface area (Å²) < 4.78 is 6.22. The molecule has 0 saturated carbocycles. The highest BCUT2D eigenvalue weighted by Gasteiger charge is 2.50. The molecule has 1 heterocycles. The van der Waals surface area contributed by atoms with Crippen LogP contribution in [0.4, 0.5) is 0 Å². The number of aliphatic hydroxyl groups excluding tert-OH is 2. The van der Waals surface area contributed by atoms with Crippen LogP contribution in [0, 0.1) is 0 Å². The average Bonchev–Trinajstić information content (AvgIpc) is 3.39. The number of hydrogen-bond donors (Lipinski definition) is 3. The van der Waals surface area contributed by atoms with E-state index in [0.29, 0.717) is 33.4 Å². The molecule has 2 amide bonds. The number of hydrogen-bond acceptors (Lipinski definition) is 5. The molecule has 0 fully saturated rings. The van der Waals surface area contributed by atoms with E-state index in [1.807, 2.05) is 24.3 Å². The highest BCUT2D eigenvalue weighted by molar-refractivity contribution is 6.35. The molecule has 4 unspecified atom stereocenters. The second kappa shape index (κ2) is 16.5. The molecule has 0 bridgehead atoms. The molecule has 43 heavy (non-hydrogen) atoms. The van der Waals surface area contributed by atoms with Gasteiger partial charge in [0, 0.05) is 40.7 Å². The lowest BCUT2D eigenvalue weighted by atomic mass is 9.77. The van der Waals surface area contributed by atoms with E-state index in [4.69, 9.17) is 27.9 Å². The third-order valence-corrected chi connectivity index (χ3v) is 8.99. The van der Waals surface area contributed by atoms with Crippen molar-refractivity contribution in [3.05, 3.63) is 75.3 Å². The van der Waals surface area contributed by atoms with E-state index < -0.39 is 24.2 Å². The molecule has 1 aliphatic carbocycles. The normalized spacial score (nSPS) is 20.5. The Balaban J connectivity index is 1.57. The smallest absolute Gasteiger partial charge is 0.247 e. The minimum absolute atomic E-state index is 0.0882. The highest BCUT2D eigenvalue weighted by atomic mass is 35.5. The Morgan fingerprint density at radius 2 is 1.67 bits per heavy atom. The predicted molar refractivity (Wildman–Crippen MR) is 170 cm³/mol. The summed E-state index contributed by atoms with van der Waals surface area (Å²) in [5.74, 6) is -0.392. The maximum Gasteiger partial charge on any atom is 0.247 e. The first-order chi connectivity index (χ1) is 20.8. The molecule has 4 rings (SSSR count). The van der Waals surface area contributed by atoms with Crippen LogP contribution in [0.1, 0.15) is 88.2 Å². The zero-order valence-electron chi connectivity index (χ0n) is 24.9. The quantitative estimate of drug-likeness (QED) is 0.182. The number of carbonyl (C=O) groups excluding carboxylic acids is 2. The van der Waals surface area contributed by atoms with Crippen molar-refractivity contribution in [2.45, 2.75) is 102 Å². The molecule has 4 atom stereocenters. The van der Waals surface area contributed by atoms with Crippen LogP contribution >= 0.6 is 23.2 Å². The summed E-state index contributed by atoms with van der Waals surface area (Å²) in [5, 5.41) is 24.7. The van der Waals surface area contributed by atoms with Crippen molar-refractivity contribution in [3.8, 4) is 5.75 Å². The summed E-state index contributed by atoms with van der Waals surface area (Å²) in [5.41, 5.74) is 1.90. The van der Waals surface area contributed by atoms with E-state index in [0.717, 1.165) is 24.8 Å². The topological polar surface area (TPSA) is 99.1 Å². The van der Waals surface area contributed by atoms with Crippen LogP contribution in [0.15, 0.2) is 54.1 Å². The fourth-order valence-corrected chi connectivity index (χ4v) is 6.58. The van der Waals surface area contributed by atoms with Crippen LogP contribution in [-0.4, -0.2) is 58.3 Å². The van der Waals surface area contributed by atoms with Gasteiger partial charge in [-0.3, -0.25) is 9.59 Å². The Hall–Kier alpha value is -2.58. The van der Waals surface area contributed by atoms with Crippen molar-refractivity contribution in [2.75, 3.05) is 13.2 Å². The van der Waals surface area contributed by atoms with Crippen LogP contribution in [0.5, 0.6) is 5.75 Å². The number of para-hydroxylation sites is 1. The van der Waals surface area contributed by atoms with E-state index in [1.165, 1.54) is 38.5 Å². The number of aliphatic hydroxyl groups is 2. The molecule has 3 N–H and O–H groups in total. The molecule has 7 nitrogen and oxygen atoms in total. The number of ether oxygens (including phenoxy) is 1. The van der Waals surface area contributed by atoms with Gasteiger partial charge in [0.05, 0.1) is 18.6 Å². The van der Waals surface area contributed by atoms with Gasteiger partial charge in [-0.05, 0) is 36.3 Å². The van der Waals surface area contributed by atoms with Crippen LogP contribution in [-0.2, 0) is 16.1 Å². The number of nitrogens with one attached hydrogen (secondary N) is 1. The standard InChI is InChI=1S/C34H44Cl2N2O5/c1-2-3-4-5-6-7-8-9-10-15-30(40)38(22-23-16-17-24(35)20-27(23)36)28-21-26(34(42)37-18-19-39)31-25-13-11-12-14-29(25)43-33(31)32(28)41/h11-14,16-17,20-21,28,31-33,39,41H,2-10,15,18-19,22H2,1H3,(H,37,42). The summed E-state index contributed by atoms with van der Waals surface area (Å²) in [6, 6.07) is 11.7. The van der Waals surface area contributed by atoms with Gasteiger partial charge < -0.3 is 25.2 Å². The second-order valence-corrected chi connectivity index (χ2v) is 12.4. The molecule has 0 aromatic heterocycles. The van der Waals surface area contributed by atoms with Crippen LogP contribution in [0.2, 0.25) is 10.0 Å². The minimum Gasteiger partial charge on any atom is -0.486 e. The Morgan fingerprint density at radius 3 is 2.37 bits per heavy atom. The fourth-order valence-electron chi connectivity index (χ4n) is 6.11. The molecule has 2 aromatic carbocycles. The van der Waals surface area contributed by atoms with Crippen LogP contribution < -0.4 is 10.1 Å². The van der Waals surface area contributed by atoms with E-state index >= 15 is 0 Å². The summed E-state index contributed by atoms with van der Waals surface area (Å²) >= 11 is 12.7. The Labute approximate surface area is 265 Å². The number of nitrogens with zero attached hydrogens (tertiary/aromatic N) is 1. The summed E-state index contributed by atoms with van der Waals surface area (Å²) in [4.78, 5) is 28.9. The van der Waals surface area contributed by atoms with Crippen LogP contribution in [0.25, 0.3) is 0 Å². The third-order valence-electron chi connectivity index (χ3n) is 8.41. The van der Waals surface area contributed by atoms with Gasteiger partial charge in [-0.1, -0.05) is 106 Å². The monoisotopic (exact) mass is 630 g/mol. The third kappa shape index (κ3) is 8.53. The van der Waals surface area contributed by atoms with Crippen molar-refractivity contribution in [3.63, 3.8) is 0 Å². The molecule has 0 radical (unpaired) electrons. The fraction of sp³-hybridized carbons (Fsp3) is 0.529. The van der Waals surface area contributed by atoms with Gasteiger partial charge in [0.15, 0.2) is 0 Å². The number of amides is 2. The van der Waals surface area contributed by atoms with Crippen molar-refractivity contribution >= 4 is 35.0 Å². The molecular weight excluding hydrogens is 587 g/mol. The molecule has 9 heteroatoms. The lowest BCUT2D eigenvalue weighted by molar-refractivity contribution is -0.138. The average molecular weight is 632 g/mol. The molecule has 1 aliphatic heterocycles.